The normalized spacial score (nSPS) is 9.86. The summed E-state index contributed by atoms with van der Waals surface area (Å²) in [5.41, 5.74) is 5.06. The average molecular weight is 219 g/mol. The fraction of sp³-hybridized carbons (Fsp3) is 0.167. The Morgan fingerprint density at radius 1 is 1.50 bits per heavy atom. The highest BCUT2D eigenvalue weighted by Crippen LogP contribution is 1.84. The molecule has 0 bridgehead atoms. The maximum atomic E-state index is 10.3. The van der Waals surface area contributed by atoms with E-state index in [-0.39, 0.29) is 5.69 Å². The molecule has 0 saturated carbocycles. The van der Waals surface area contributed by atoms with Crippen LogP contribution < -0.4 is 5.73 Å². The van der Waals surface area contributed by atoms with Crippen LogP contribution in [0.1, 0.15) is 10.5 Å². The van der Waals surface area contributed by atoms with Crippen molar-refractivity contribution >= 4 is 16.0 Å². The first-order valence-corrected chi connectivity index (χ1v) is 5.14. The molecule has 0 aliphatic heterocycles. The summed E-state index contributed by atoms with van der Waals surface area (Å²) >= 11 is 0. The third-order valence-electron chi connectivity index (χ3n) is 0.816. The zero-order chi connectivity index (χ0) is 11.2. The van der Waals surface area contributed by atoms with Crippen LogP contribution in [-0.2, 0) is 10.1 Å². The Balaban J connectivity index is 0.000000292. The molecule has 1 aromatic rings. The van der Waals surface area contributed by atoms with Crippen molar-refractivity contribution in [3.8, 4) is 0 Å². The van der Waals surface area contributed by atoms with Gasteiger partial charge < -0.3 is 5.73 Å². The van der Waals surface area contributed by atoms with Gasteiger partial charge in [0.15, 0.2) is 0 Å². The molecule has 0 aliphatic carbocycles. The van der Waals surface area contributed by atoms with Gasteiger partial charge in [-0.25, -0.2) is 4.98 Å². The molecule has 0 spiro atoms. The van der Waals surface area contributed by atoms with Crippen molar-refractivity contribution in [3.63, 3.8) is 0 Å². The number of carbonyl (C=O) groups is 1. The second-order valence-corrected chi connectivity index (χ2v) is 3.65. The summed E-state index contributed by atoms with van der Waals surface area (Å²) in [4.78, 5) is 17.6. The largest absolute Gasteiger partial charge is 0.364 e. The van der Waals surface area contributed by atoms with Crippen LogP contribution >= 0.6 is 0 Å². The van der Waals surface area contributed by atoms with Crippen molar-refractivity contribution in [1.29, 1.82) is 0 Å². The van der Waals surface area contributed by atoms with Crippen molar-refractivity contribution in [2.75, 3.05) is 6.26 Å². The van der Waals surface area contributed by atoms with E-state index >= 15 is 0 Å². The molecular formula is C6H9N3O4S. The number of hydrogen-bond acceptors (Lipinski definition) is 5. The Kier molecular flexibility index (Phi) is 4.67. The van der Waals surface area contributed by atoms with Gasteiger partial charge in [-0.1, -0.05) is 0 Å². The minimum Gasteiger partial charge on any atom is -0.364 e. The Morgan fingerprint density at radius 2 is 2.00 bits per heavy atom. The molecule has 0 radical (unpaired) electrons. The highest BCUT2D eigenvalue weighted by Gasteiger charge is 1.97. The molecule has 7 nitrogen and oxygen atoms in total. The number of rotatable bonds is 1. The standard InChI is InChI=1S/C5H5N3O.CH4O3S/c6-5(9)4-3-7-1-2-8-4;1-5(2,3)4/h1-3H,(H2,6,9);1H3,(H,2,3,4). The summed E-state index contributed by atoms with van der Waals surface area (Å²) in [6.45, 7) is 0. The van der Waals surface area contributed by atoms with Crippen LogP contribution in [0, 0.1) is 0 Å². The second kappa shape index (κ2) is 5.25. The monoisotopic (exact) mass is 219 g/mol. The lowest BCUT2D eigenvalue weighted by molar-refractivity contribution is 0.0995. The lowest BCUT2D eigenvalue weighted by atomic mass is 10.4. The van der Waals surface area contributed by atoms with Gasteiger partial charge in [-0.3, -0.25) is 14.3 Å². The third-order valence-corrected chi connectivity index (χ3v) is 0.816. The molecule has 1 heterocycles. The Morgan fingerprint density at radius 3 is 2.21 bits per heavy atom. The molecule has 0 unspecified atom stereocenters. The van der Waals surface area contributed by atoms with Crippen LogP contribution in [-0.4, -0.2) is 35.1 Å². The van der Waals surface area contributed by atoms with E-state index in [1.54, 1.807) is 0 Å². The van der Waals surface area contributed by atoms with Crippen LogP contribution in [0.3, 0.4) is 0 Å². The quantitative estimate of drug-likeness (QED) is 0.589. The van der Waals surface area contributed by atoms with Gasteiger partial charge in [0.25, 0.3) is 16.0 Å². The Hall–Kier alpha value is -1.54. The number of nitrogens with zero attached hydrogens (tertiary/aromatic N) is 2. The van der Waals surface area contributed by atoms with Crippen molar-refractivity contribution in [1.82, 2.24) is 9.97 Å². The van der Waals surface area contributed by atoms with Gasteiger partial charge in [-0.15, -0.1) is 0 Å². The van der Waals surface area contributed by atoms with Gasteiger partial charge in [0, 0.05) is 12.4 Å². The summed E-state index contributed by atoms with van der Waals surface area (Å²) < 4.78 is 25.9. The lowest BCUT2D eigenvalue weighted by Crippen LogP contribution is -2.12. The van der Waals surface area contributed by atoms with E-state index in [1.165, 1.54) is 18.6 Å². The van der Waals surface area contributed by atoms with E-state index in [0.29, 0.717) is 6.26 Å². The van der Waals surface area contributed by atoms with E-state index in [2.05, 4.69) is 9.97 Å². The highest BCUT2D eigenvalue weighted by molar-refractivity contribution is 7.85. The second-order valence-electron chi connectivity index (χ2n) is 2.19. The Labute approximate surface area is 80.7 Å². The van der Waals surface area contributed by atoms with E-state index in [1.807, 2.05) is 0 Å². The SMILES string of the molecule is CS(=O)(=O)O.NC(=O)c1cnccn1. The van der Waals surface area contributed by atoms with Crippen molar-refractivity contribution in [2.24, 2.45) is 5.73 Å². The maximum Gasteiger partial charge on any atom is 0.268 e. The lowest BCUT2D eigenvalue weighted by Gasteiger charge is -1.87. The molecule has 1 aromatic heterocycles. The minimum absolute atomic E-state index is 0.192. The van der Waals surface area contributed by atoms with E-state index in [4.69, 9.17) is 10.3 Å². The number of amides is 1. The molecule has 0 aliphatic rings. The zero-order valence-corrected chi connectivity index (χ0v) is 8.10. The highest BCUT2D eigenvalue weighted by atomic mass is 32.2. The summed E-state index contributed by atoms with van der Waals surface area (Å²) in [7, 11) is -3.67. The first-order chi connectivity index (χ1) is 6.30. The van der Waals surface area contributed by atoms with Gasteiger partial charge in [-0.05, 0) is 0 Å². The third kappa shape index (κ3) is 8.56. The van der Waals surface area contributed by atoms with Crippen LogP contribution in [0.5, 0.6) is 0 Å². The van der Waals surface area contributed by atoms with Crippen molar-refractivity contribution in [2.45, 2.75) is 0 Å². The Bertz CT molecular complexity index is 381. The summed E-state index contributed by atoms with van der Waals surface area (Å²) in [5, 5.41) is 0. The number of nitrogens with two attached hydrogens (primary N) is 1. The minimum atomic E-state index is -3.67. The molecule has 0 aromatic carbocycles. The predicted molar refractivity (Wildman–Crippen MR) is 48.0 cm³/mol. The van der Waals surface area contributed by atoms with E-state index in [0.717, 1.165) is 0 Å². The number of carbonyl (C=O) groups excluding carboxylic acids is 1. The summed E-state index contributed by atoms with van der Waals surface area (Å²) in [6.07, 6.45) is 4.93. The van der Waals surface area contributed by atoms with Crippen molar-refractivity contribution in [3.05, 3.63) is 24.3 Å². The molecule has 0 atom stereocenters. The first-order valence-electron chi connectivity index (χ1n) is 3.29. The van der Waals surface area contributed by atoms with Gasteiger partial charge in [0.05, 0.1) is 12.5 Å². The van der Waals surface area contributed by atoms with E-state index in [9.17, 15) is 13.2 Å². The van der Waals surface area contributed by atoms with Crippen LogP contribution in [0.2, 0.25) is 0 Å². The molecule has 14 heavy (non-hydrogen) atoms. The predicted octanol–water partition coefficient (Wildman–Crippen LogP) is -0.920. The number of aromatic nitrogens is 2. The fourth-order valence-electron chi connectivity index (χ4n) is 0.426. The number of hydrogen-bond donors (Lipinski definition) is 2. The van der Waals surface area contributed by atoms with E-state index < -0.39 is 16.0 Å². The zero-order valence-electron chi connectivity index (χ0n) is 7.28. The van der Waals surface area contributed by atoms with Crippen LogP contribution in [0.25, 0.3) is 0 Å². The molecule has 0 saturated heterocycles. The summed E-state index contributed by atoms with van der Waals surface area (Å²) in [6, 6.07) is 0. The molecule has 78 valence electrons. The number of primary amides is 1. The smallest absolute Gasteiger partial charge is 0.268 e. The molecule has 0 fully saturated rings. The molecule has 3 N–H and O–H groups in total. The van der Waals surface area contributed by atoms with Crippen LogP contribution in [0.4, 0.5) is 0 Å². The van der Waals surface area contributed by atoms with Gasteiger partial charge in [0.2, 0.25) is 0 Å². The van der Waals surface area contributed by atoms with Crippen LogP contribution in [0.15, 0.2) is 18.6 Å². The molecule has 8 heteroatoms. The first kappa shape index (κ1) is 12.5. The molecule has 1 rings (SSSR count). The molecular weight excluding hydrogens is 210 g/mol. The summed E-state index contributed by atoms with van der Waals surface area (Å²) in [5.74, 6) is -0.553. The van der Waals surface area contributed by atoms with Crippen molar-refractivity contribution < 1.29 is 17.8 Å². The maximum absolute atomic E-state index is 10.3. The van der Waals surface area contributed by atoms with Gasteiger partial charge in [0.1, 0.15) is 5.69 Å². The fourth-order valence-corrected chi connectivity index (χ4v) is 0.426. The van der Waals surface area contributed by atoms with Gasteiger partial charge in [-0.2, -0.15) is 8.42 Å². The van der Waals surface area contributed by atoms with Gasteiger partial charge >= 0.3 is 0 Å². The molecule has 1 amide bonds. The average Bonchev–Trinajstić information content (AvgIpc) is 2.03. The topological polar surface area (TPSA) is 123 Å².